The topological polar surface area (TPSA) is 102 Å². The summed E-state index contributed by atoms with van der Waals surface area (Å²) in [6, 6.07) is 20.4. The highest BCUT2D eigenvalue weighted by atomic mass is 16.5. The van der Waals surface area contributed by atoms with Crippen LogP contribution >= 0.6 is 0 Å². The van der Waals surface area contributed by atoms with E-state index in [1.807, 2.05) is 0 Å². The molecule has 0 atom stereocenters. The number of carbonyl (C=O) groups excluding carboxylic acids is 2. The predicted molar refractivity (Wildman–Crippen MR) is 236 cm³/mol. The van der Waals surface area contributed by atoms with Gasteiger partial charge in [-0.25, -0.2) is 9.59 Å². The number of hydrogen-bond donors (Lipinski definition) is 2. The molecule has 316 valence electrons. The van der Waals surface area contributed by atoms with Crippen LogP contribution in [-0.2, 0) is 38.3 Å². The van der Waals surface area contributed by atoms with Gasteiger partial charge in [-0.15, -0.1) is 0 Å². The molecule has 0 radical (unpaired) electrons. The van der Waals surface area contributed by atoms with E-state index in [2.05, 4.69) is 81.6 Å². The van der Waals surface area contributed by atoms with Gasteiger partial charge in [0, 0.05) is 30.3 Å². The lowest BCUT2D eigenvalue weighted by Gasteiger charge is -2.29. The summed E-state index contributed by atoms with van der Waals surface area (Å²) in [6.45, 7) is 15.7. The highest BCUT2D eigenvalue weighted by Gasteiger charge is 2.23. The van der Waals surface area contributed by atoms with Crippen molar-refractivity contribution in [3.05, 3.63) is 101 Å². The van der Waals surface area contributed by atoms with E-state index in [0.29, 0.717) is 55.8 Å². The zero-order valence-corrected chi connectivity index (χ0v) is 35.9. The van der Waals surface area contributed by atoms with Crippen LogP contribution in [0.25, 0.3) is 22.3 Å². The number of benzene rings is 3. The fourth-order valence-electron chi connectivity index (χ4n) is 8.08. The minimum absolute atomic E-state index is 0.124. The Balaban J connectivity index is 1.60. The molecule has 4 rings (SSSR count). The van der Waals surface area contributed by atoms with E-state index in [1.54, 1.807) is 13.8 Å². The van der Waals surface area contributed by atoms with Crippen molar-refractivity contribution in [2.24, 2.45) is 11.8 Å². The monoisotopic (exact) mass is 795 g/mol. The molecule has 7 heteroatoms. The fourth-order valence-corrected chi connectivity index (χ4v) is 8.08. The molecule has 1 aliphatic rings. The Kier molecular flexibility index (Phi) is 19.8. The molecule has 1 fully saturated rings. The average molecular weight is 795 g/mol. The quantitative estimate of drug-likeness (QED) is 0.0500. The maximum Gasteiger partial charge on any atom is 0.333 e. The summed E-state index contributed by atoms with van der Waals surface area (Å²) in [7, 11) is 0. The Morgan fingerprint density at radius 1 is 0.690 bits per heavy atom. The van der Waals surface area contributed by atoms with Crippen molar-refractivity contribution in [1.82, 2.24) is 0 Å². The number of aliphatic hydroxyl groups is 2. The average Bonchev–Trinajstić information content (AvgIpc) is 3.24. The lowest BCUT2D eigenvalue weighted by Crippen LogP contribution is -2.16. The first-order valence-electron chi connectivity index (χ1n) is 22.0. The summed E-state index contributed by atoms with van der Waals surface area (Å²) in [5.41, 5.74) is 10.0. The number of aliphatic hydroxyl groups excluding tert-OH is 2. The number of esters is 2. The second-order valence-electron chi connectivity index (χ2n) is 16.4. The molecule has 0 heterocycles. The molecular weight excluding hydrogens is 725 g/mol. The van der Waals surface area contributed by atoms with Gasteiger partial charge in [0.1, 0.15) is 5.75 Å². The van der Waals surface area contributed by atoms with E-state index in [4.69, 9.17) is 14.2 Å². The summed E-state index contributed by atoms with van der Waals surface area (Å²) in [6.07, 6.45) is 15.9. The Labute approximate surface area is 348 Å². The third-order valence-electron chi connectivity index (χ3n) is 11.7. The maximum atomic E-state index is 12.1. The first kappa shape index (κ1) is 46.5. The van der Waals surface area contributed by atoms with Gasteiger partial charge in [-0.3, -0.25) is 0 Å². The van der Waals surface area contributed by atoms with Gasteiger partial charge in [0.25, 0.3) is 0 Å². The Bertz CT molecular complexity index is 1710. The minimum atomic E-state index is -0.410. The van der Waals surface area contributed by atoms with E-state index in [0.717, 1.165) is 40.3 Å². The molecule has 2 N–H and O–H groups in total. The van der Waals surface area contributed by atoms with Crippen molar-refractivity contribution in [3.8, 4) is 28.0 Å². The van der Waals surface area contributed by atoms with Crippen LogP contribution in [0.4, 0.5) is 0 Å². The van der Waals surface area contributed by atoms with Gasteiger partial charge in [0.15, 0.2) is 0 Å². The first-order chi connectivity index (χ1) is 28.1. The van der Waals surface area contributed by atoms with Gasteiger partial charge in [-0.1, -0.05) is 102 Å². The SMILES string of the molecule is C=C(C)C(=O)OCCCc1cc(-c2ccc(-c3ccc(C4CCC(CCCCCC)CC4)cc3)cc2CC)cc(CCCOC(=O)C(=C)C)c1OCCC(CO)CO. The lowest BCUT2D eigenvalue weighted by atomic mass is 9.77. The third kappa shape index (κ3) is 14.3. The number of carbonyl (C=O) groups is 2. The number of unbranched alkanes of at least 4 members (excludes halogenated alkanes) is 3. The van der Waals surface area contributed by atoms with Crippen molar-refractivity contribution in [3.63, 3.8) is 0 Å². The van der Waals surface area contributed by atoms with Crippen LogP contribution in [0.15, 0.2) is 78.9 Å². The van der Waals surface area contributed by atoms with Crippen LogP contribution in [0.5, 0.6) is 5.75 Å². The highest BCUT2D eigenvalue weighted by Crippen LogP contribution is 2.40. The largest absolute Gasteiger partial charge is 0.493 e. The van der Waals surface area contributed by atoms with Gasteiger partial charge in [0.2, 0.25) is 0 Å². The first-order valence-corrected chi connectivity index (χ1v) is 22.0. The number of hydrogen-bond acceptors (Lipinski definition) is 7. The molecule has 1 saturated carbocycles. The lowest BCUT2D eigenvalue weighted by molar-refractivity contribution is -0.139. The smallest absolute Gasteiger partial charge is 0.333 e. The molecule has 3 aromatic rings. The zero-order chi connectivity index (χ0) is 41.9. The maximum absolute atomic E-state index is 12.1. The summed E-state index contributed by atoms with van der Waals surface area (Å²) in [4.78, 5) is 24.3. The van der Waals surface area contributed by atoms with E-state index >= 15 is 0 Å². The predicted octanol–water partition coefficient (Wildman–Crippen LogP) is 11.3. The zero-order valence-electron chi connectivity index (χ0n) is 35.9. The van der Waals surface area contributed by atoms with Gasteiger partial charge >= 0.3 is 11.9 Å². The molecule has 0 amide bonds. The van der Waals surface area contributed by atoms with Crippen molar-refractivity contribution in [1.29, 1.82) is 0 Å². The van der Waals surface area contributed by atoms with Crippen LogP contribution in [0.2, 0.25) is 0 Å². The number of rotatable bonds is 25. The molecule has 7 nitrogen and oxygen atoms in total. The van der Waals surface area contributed by atoms with Crippen molar-refractivity contribution in [2.75, 3.05) is 33.0 Å². The van der Waals surface area contributed by atoms with E-state index in [9.17, 15) is 19.8 Å². The molecule has 0 saturated heterocycles. The van der Waals surface area contributed by atoms with Crippen LogP contribution in [0, 0.1) is 11.8 Å². The fraction of sp³-hybridized carbons (Fsp3) is 0.529. The minimum Gasteiger partial charge on any atom is -0.493 e. The molecule has 0 unspecified atom stereocenters. The van der Waals surface area contributed by atoms with Gasteiger partial charge in [-0.2, -0.15) is 0 Å². The van der Waals surface area contributed by atoms with Crippen LogP contribution in [0.1, 0.15) is 133 Å². The number of aryl methyl sites for hydroxylation is 3. The highest BCUT2D eigenvalue weighted by molar-refractivity contribution is 5.87. The van der Waals surface area contributed by atoms with Gasteiger partial charge in [0.05, 0.1) is 19.8 Å². The van der Waals surface area contributed by atoms with Crippen LogP contribution in [0.3, 0.4) is 0 Å². The van der Waals surface area contributed by atoms with E-state index in [-0.39, 0.29) is 32.3 Å². The summed E-state index contributed by atoms with van der Waals surface area (Å²) < 4.78 is 17.4. The number of ether oxygens (including phenoxy) is 3. The Morgan fingerprint density at radius 3 is 1.79 bits per heavy atom. The molecule has 0 aromatic heterocycles. The molecule has 0 bridgehead atoms. The third-order valence-corrected chi connectivity index (χ3v) is 11.7. The normalized spacial score (nSPS) is 15.3. The van der Waals surface area contributed by atoms with Gasteiger partial charge in [-0.05, 0) is 147 Å². The molecule has 0 spiro atoms. The van der Waals surface area contributed by atoms with Crippen LogP contribution in [-0.4, -0.2) is 55.2 Å². The summed E-state index contributed by atoms with van der Waals surface area (Å²) >= 11 is 0. The van der Waals surface area contributed by atoms with E-state index < -0.39 is 11.9 Å². The van der Waals surface area contributed by atoms with E-state index in [1.165, 1.54) is 80.0 Å². The molecule has 3 aromatic carbocycles. The Morgan fingerprint density at radius 2 is 1.26 bits per heavy atom. The van der Waals surface area contributed by atoms with Crippen molar-refractivity contribution in [2.45, 2.75) is 130 Å². The van der Waals surface area contributed by atoms with Crippen LogP contribution < -0.4 is 4.74 Å². The standard InChI is InChI=1S/C51H70O7/c1-7-9-10-11-14-38-17-19-41(20-18-38)42-21-23-43(24-22-42)44-25-26-48(40(8-2)31-44)47-32-45(15-12-28-57-50(54)36(3)4)49(56-30-27-39(34-52)35-53)46(33-47)16-13-29-58-51(55)37(5)6/h21-26,31-33,38-39,41,52-53H,3,5,7-20,27-30,34-35H2,1-2,4,6H3. The molecule has 58 heavy (non-hydrogen) atoms. The second kappa shape index (κ2) is 24.7. The van der Waals surface area contributed by atoms with Crippen molar-refractivity contribution < 1.29 is 34.0 Å². The summed E-state index contributed by atoms with van der Waals surface area (Å²) in [5, 5.41) is 19.4. The molecule has 1 aliphatic carbocycles. The van der Waals surface area contributed by atoms with Crippen molar-refractivity contribution >= 4 is 11.9 Å². The molecule has 0 aliphatic heterocycles. The molecular formula is C51H70O7. The van der Waals surface area contributed by atoms with Gasteiger partial charge < -0.3 is 24.4 Å². The Hall–Kier alpha value is -4.20. The second-order valence-corrected chi connectivity index (χ2v) is 16.4. The summed E-state index contributed by atoms with van der Waals surface area (Å²) in [5.74, 6) is 1.21.